The monoisotopic (exact) mass is 330 g/mol. The van der Waals surface area contributed by atoms with Gasteiger partial charge in [0.1, 0.15) is 11.1 Å². The third kappa shape index (κ3) is 3.14. The Morgan fingerprint density at radius 3 is 2.65 bits per heavy atom. The summed E-state index contributed by atoms with van der Waals surface area (Å²) in [5, 5.41) is 13.5. The average molecular weight is 330 g/mol. The lowest BCUT2D eigenvalue weighted by atomic mass is 10.1. The van der Waals surface area contributed by atoms with E-state index in [4.69, 9.17) is 4.74 Å². The fourth-order valence-corrected chi connectivity index (χ4v) is 3.46. The summed E-state index contributed by atoms with van der Waals surface area (Å²) in [7, 11) is 0. The standard InChI is InChI=1S/C16H14N2O4S/c1-2-22-12-6-3-10(4-7-12)16-17-15(19)13-9-11(18(20)21)5-8-14(13)23-16/h3-9,16H,2H2,1H3,(H,17,19). The minimum Gasteiger partial charge on any atom is -0.494 e. The number of fused-ring (bicyclic) bond motifs is 1. The highest BCUT2D eigenvalue weighted by molar-refractivity contribution is 7.99. The van der Waals surface area contributed by atoms with E-state index in [1.165, 1.54) is 23.9 Å². The molecule has 1 N–H and O–H groups in total. The Hall–Kier alpha value is -2.54. The van der Waals surface area contributed by atoms with Crippen LogP contribution in [0.5, 0.6) is 5.75 Å². The molecular formula is C16H14N2O4S. The summed E-state index contributed by atoms with van der Waals surface area (Å²) in [6.45, 7) is 2.52. The van der Waals surface area contributed by atoms with Gasteiger partial charge < -0.3 is 10.1 Å². The zero-order valence-electron chi connectivity index (χ0n) is 12.3. The van der Waals surface area contributed by atoms with Gasteiger partial charge in [-0.1, -0.05) is 23.9 Å². The molecule has 1 atom stereocenters. The van der Waals surface area contributed by atoms with E-state index in [1.54, 1.807) is 6.07 Å². The van der Waals surface area contributed by atoms with Crippen molar-refractivity contribution in [2.45, 2.75) is 17.2 Å². The lowest BCUT2D eigenvalue weighted by molar-refractivity contribution is -0.384. The fourth-order valence-electron chi connectivity index (χ4n) is 2.32. The van der Waals surface area contributed by atoms with Gasteiger partial charge in [-0.3, -0.25) is 14.9 Å². The van der Waals surface area contributed by atoms with Gasteiger partial charge in [-0.05, 0) is 30.7 Å². The molecule has 0 spiro atoms. The first kappa shape index (κ1) is 15.4. The number of nitro groups is 1. The Labute approximate surface area is 137 Å². The van der Waals surface area contributed by atoms with Gasteiger partial charge in [0.25, 0.3) is 11.6 Å². The number of carbonyl (C=O) groups is 1. The lowest BCUT2D eigenvalue weighted by Crippen LogP contribution is -2.30. The maximum Gasteiger partial charge on any atom is 0.270 e. The third-order valence-corrected chi connectivity index (χ3v) is 4.66. The highest BCUT2D eigenvalue weighted by atomic mass is 32.2. The van der Waals surface area contributed by atoms with Crippen LogP contribution in [0.3, 0.4) is 0 Å². The van der Waals surface area contributed by atoms with Crippen molar-refractivity contribution in [1.29, 1.82) is 0 Å². The number of rotatable bonds is 4. The average Bonchev–Trinajstić information content (AvgIpc) is 2.55. The van der Waals surface area contributed by atoms with Crippen LogP contribution in [0.2, 0.25) is 0 Å². The molecule has 118 valence electrons. The molecule has 3 rings (SSSR count). The molecule has 0 fully saturated rings. The predicted molar refractivity (Wildman–Crippen MR) is 86.8 cm³/mol. The van der Waals surface area contributed by atoms with Crippen molar-refractivity contribution in [2.75, 3.05) is 6.61 Å². The van der Waals surface area contributed by atoms with Gasteiger partial charge in [0.15, 0.2) is 0 Å². The van der Waals surface area contributed by atoms with Crippen LogP contribution in [0.1, 0.15) is 28.2 Å². The minimum atomic E-state index is -0.503. The Morgan fingerprint density at radius 2 is 2.00 bits per heavy atom. The normalized spacial score (nSPS) is 16.4. The number of ether oxygens (including phenoxy) is 1. The van der Waals surface area contributed by atoms with Crippen LogP contribution in [0, 0.1) is 10.1 Å². The number of nitro benzene ring substituents is 1. The SMILES string of the molecule is CCOc1ccc(C2NC(=O)c3cc([N+](=O)[O-])ccc3S2)cc1. The van der Waals surface area contributed by atoms with E-state index in [1.807, 2.05) is 31.2 Å². The molecule has 2 aromatic rings. The summed E-state index contributed by atoms with van der Waals surface area (Å²) in [5.41, 5.74) is 1.20. The van der Waals surface area contributed by atoms with Crippen LogP contribution in [0.15, 0.2) is 47.4 Å². The smallest absolute Gasteiger partial charge is 0.270 e. The quantitative estimate of drug-likeness (QED) is 0.685. The van der Waals surface area contributed by atoms with Crippen molar-refractivity contribution in [3.05, 3.63) is 63.7 Å². The van der Waals surface area contributed by atoms with Crippen LogP contribution < -0.4 is 10.1 Å². The lowest BCUT2D eigenvalue weighted by Gasteiger charge is -2.25. The second kappa shape index (κ2) is 6.29. The van der Waals surface area contributed by atoms with E-state index in [0.29, 0.717) is 12.2 Å². The Morgan fingerprint density at radius 1 is 1.26 bits per heavy atom. The molecule has 1 aliphatic rings. The van der Waals surface area contributed by atoms with Gasteiger partial charge in [0.2, 0.25) is 0 Å². The number of hydrogen-bond acceptors (Lipinski definition) is 5. The molecule has 2 aromatic carbocycles. The fraction of sp³-hybridized carbons (Fsp3) is 0.188. The number of hydrogen-bond donors (Lipinski definition) is 1. The molecule has 1 unspecified atom stereocenters. The van der Waals surface area contributed by atoms with E-state index >= 15 is 0 Å². The maximum absolute atomic E-state index is 12.2. The second-order valence-corrected chi connectivity index (χ2v) is 6.06. The summed E-state index contributed by atoms with van der Waals surface area (Å²) in [5.74, 6) is 0.473. The van der Waals surface area contributed by atoms with E-state index in [-0.39, 0.29) is 17.0 Å². The maximum atomic E-state index is 12.2. The number of thioether (sulfide) groups is 1. The van der Waals surface area contributed by atoms with E-state index < -0.39 is 4.92 Å². The van der Waals surface area contributed by atoms with Crippen molar-refractivity contribution < 1.29 is 14.5 Å². The third-order valence-electron chi connectivity index (χ3n) is 3.42. The predicted octanol–water partition coefficient (Wildman–Crippen LogP) is 3.53. The molecule has 0 bridgehead atoms. The number of carbonyl (C=O) groups excluding carboxylic acids is 1. The first-order valence-corrected chi connectivity index (χ1v) is 7.95. The number of nitrogens with one attached hydrogen (secondary N) is 1. The number of nitrogens with zero attached hydrogens (tertiary/aromatic N) is 1. The van der Waals surface area contributed by atoms with Gasteiger partial charge in [-0.25, -0.2) is 0 Å². The van der Waals surface area contributed by atoms with E-state index in [0.717, 1.165) is 16.2 Å². The molecule has 0 saturated heterocycles. The topological polar surface area (TPSA) is 81.5 Å². The number of non-ortho nitro benzene ring substituents is 1. The molecule has 1 aliphatic heterocycles. The van der Waals surface area contributed by atoms with Crippen LogP contribution in [0.25, 0.3) is 0 Å². The van der Waals surface area contributed by atoms with Gasteiger partial charge in [0.05, 0.1) is 17.1 Å². The van der Waals surface area contributed by atoms with Crippen LogP contribution in [0.4, 0.5) is 5.69 Å². The van der Waals surface area contributed by atoms with E-state index in [9.17, 15) is 14.9 Å². The summed E-state index contributed by atoms with van der Waals surface area (Å²) in [4.78, 5) is 23.3. The first-order chi connectivity index (χ1) is 11.1. The minimum absolute atomic E-state index is 0.0842. The molecule has 1 heterocycles. The summed E-state index contributed by atoms with van der Waals surface area (Å²) in [6.07, 6.45) is 0. The molecule has 7 heteroatoms. The van der Waals surface area contributed by atoms with Crippen molar-refractivity contribution in [3.63, 3.8) is 0 Å². The Kier molecular flexibility index (Phi) is 4.20. The first-order valence-electron chi connectivity index (χ1n) is 7.07. The molecule has 1 amide bonds. The molecule has 0 aromatic heterocycles. The Balaban J connectivity index is 1.85. The highest BCUT2D eigenvalue weighted by Gasteiger charge is 2.27. The van der Waals surface area contributed by atoms with Crippen LogP contribution in [-0.4, -0.2) is 17.4 Å². The van der Waals surface area contributed by atoms with Crippen molar-refractivity contribution in [2.24, 2.45) is 0 Å². The van der Waals surface area contributed by atoms with Gasteiger partial charge in [-0.15, -0.1) is 0 Å². The van der Waals surface area contributed by atoms with Crippen molar-refractivity contribution in [1.82, 2.24) is 5.32 Å². The summed E-state index contributed by atoms with van der Waals surface area (Å²) >= 11 is 1.46. The molecular weight excluding hydrogens is 316 g/mol. The van der Waals surface area contributed by atoms with Gasteiger partial charge in [-0.2, -0.15) is 0 Å². The van der Waals surface area contributed by atoms with E-state index in [2.05, 4.69) is 5.32 Å². The summed E-state index contributed by atoms with van der Waals surface area (Å²) < 4.78 is 5.40. The van der Waals surface area contributed by atoms with Crippen molar-refractivity contribution in [3.8, 4) is 5.75 Å². The number of benzene rings is 2. The van der Waals surface area contributed by atoms with Crippen molar-refractivity contribution >= 4 is 23.4 Å². The van der Waals surface area contributed by atoms with Gasteiger partial charge >= 0.3 is 0 Å². The molecule has 6 nitrogen and oxygen atoms in total. The summed E-state index contributed by atoms with van der Waals surface area (Å²) in [6, 6.07) is 11.9. The molecule has 0 saturated carbocycles. The van der Waals surface area contributed by atoms with Gasteiger partial charge in [0, 0.05) is 17.0 Å². The number of amides is 1. The molecule has 23 heavy (non-hydrogen) atoms. The Bertz CT molecular complexity index is 761. The zero-order valence-corrected chi connectivity index (χ0v) is 13.1. The largest absolute Gasteiger partial charge is 0.494 e. The zero-order chi connectivity index (χ0) is 16.4. The highest BCUT2D eigenvalue weighted by Crippen LogP contribution is 2.40. The molecule has 0 radical (unpaired) electrons. The van der Waals surface area contributed by atoms with Crippen LogP contribution >= 0.6 is 11.8 Å². The second-order valence-electron chi connectivity index (χ2n) is 4.91. The van der Waals surface area contributed by atoms with Crippen LogP contribution in [-0.2, 0) is 0 Å². The molecule has 0 aliphatic carbocycles.